The summed E-state index contributed by atoms with van der Waals surface area (Å²) in [6.45, 7) is 12.2. The molecular formula is C21H29N. The third-order valence-electron chi connectivity index (χ3n) is 5.06. The predicted octanol–water partition coefficient (Wildman–Crippen LogP) is 5.87. The minimum absolute atomic E-state index is 0.459. The number of allylic oxidation sites excluding steroid dienone is 4. The lowest BCUT2D eigenvalue weighted by atomic mass is 9.85. The number of rotatable bonds is 6. The molecule has 0 fully saturated rings. The number of benzene rings is 1. The second-order valence-corrected chi connectivity index (χ2v) is 6.39. The van der Waals surface area contributed by atoms with Gasteiger partial charge in [0.25, 0.3) is 0 Å². The van der Waals surface area contributed by atoms with Crippen molar-refractivity contribution in [2.45, 2.75) is 59.8 Å². The molecule has 0 heterocycles. The molecule has 2 rings (SSSR count). The normalized spacial score (nSPS) is 16.4. The summed E-state index contributed by atoms with van der Waals surface area (Å²) in [6, 6.07) is 8.85. The van der Waals surface area contributed by atoms with E-state index >= 15 is 0 Å². The summed E-state index contributed by atoms with van der Waals surface area (Å²) in [4.78, 5) is 4.54. The van der Waals surface area contributed by atoms with Gasteiger partial charge < -0.3 is 0 Å². The highest BCUT2D eigenvalue weighted by molar-refractivity contribution is 5.64. The number of hydrogen-bond acceptors (Lipinski definition) is 1. The second kappa shape index (κ2) is 7.58. The zero-order valence-corrected chi connectivity index (χ0v) is 14.7. The lowest BCUT2D eigenvalue weighted by Crippen LogP contribution is -2.04. The van der Waals surface area contributed by atoms with Crippen LogP contribution < -0.4 is 0 Å². The summed E-state index contributed by atoms with van der Waals surface area (Å²) >= 11 is 0. The van der Waals surface area contributed by atoms with Crippen LogP contribution in [0, 0.1) is 0 Å². The van der Waals surface area contributed by atoms with Gasteiger partial charge in [0, 0.05) is 25.1 Å². The van der Waals surface area contributed by atoms with E-state index in [-0.39, 0.29) is 0 Å². The summed E-state index contributed by atoms with van der Waals surface area (Å²) < 4.78 is 0. The first-order valence-corrected chi connectivity index (χ1v) is 8.49. The van der Waals surface area contributed by atoms with Crippen LogP contribution in [0.4, 0.5) is 0 Å². The van der Waals surface area contributed by atoms with Gasteiger partial charge in [-0.05, 0) is 56.4 Å². The van der Waals surface area contributed by atoms with Gasteiger partial charge in [0.15, 0.2) is 0 Å². The molecule has 0 bridgehead atoms. The molecule has 0 radical (unpaired) electrons. The maximum absolute atomic E-state index is 4.54. The minimum Gasteiger partial charge on any atom is -0.297 e. The number of unbranched alkanes of at least 4 members (excludes halogenated alkanes) is 1. The van der Waals surface area contributed by atoms with Crippen molar-refractivity contribution in [2.75, 3.05) is 6.54 Å². The first-order chi connectivity index (χ1) is 10.6. The van der Waals surface area contributed by atoms with Gasteiger partial charge in [-0.25, -0.2) is 0 Å². The smallest absolute Gasteiger partial charge is 0.0385 e. The Kier molecular flexibility index (Phi) is 5.76. The van der Waals surface area contributed by atoms with Crippen molar-refractivity contribution in [3.63, 3.8) is 0 Å². The van der Waals surface area contributed by atoms with E-state index in [1.807, 2.05) is 0 Å². The first-order valence-electron chi connectivity index (χ1n) is 8.49. The van der Waals surface area contributed by atoms with E-state index < -0.39 is 0 Å². The van der Waals surface area contributed by atoms with Crippen LogP contribution in [0.1, 0.15) is 64.5 Å². The van der Waals surface area contributed by atoms with Crippen LogP contribution in [0.5, 0.6) is 0 Å². The fourth-order valence-corrected chi connectivity index (χ4v) is 3.32. The van der Waals surface area contributed by atoms with Crippen LogP contribution >= 0.6 is 0 Å². The van der Waals surface area contributed by atoms with Crippen molar-refractivity contribution < 1.29 is 0 Å². The average molecular weight is 295 g/mol. The Balaban J connectivity index is 2.25. The van der Waals surface area contributed by atoms with Crippen LogP contribution in [0.15, 0.2) is 51.6 Å². The van der Waals surface area contributed by atoms with E-state index in [2.05, 4.69) is 70.1 Å². The number of aliphatic imine (C=N–C) groups is 1. The monoisotopic (exact) mass is 295 g/mol. The average Bonchev–Trinajstić information content (AvgIpc) is 2.71. The molecule has 118 valence electrons. The molecule has 0 amide bonds. The van der Waals surface area contributed by atoms with E-state index in [1.165, 1.54) is 46.3 Å². The maximum Gasteiger partial charge on any atom is 0.0385 e. The highest BCUT2D eigenvalue weighted by Crippen LogP contribution is 2.44. The molecule has 1 nitrogen and oxygen atoms in total. The molecule has 0 atom stereocenters. The predicted molar refractivity (Wildman–Crippen MR) is 97.9 cm³/mol. The van der Waals surface area contributed by atoms with Crippen LogP contribution in [-0.2, 0) is 6.42 Å². The summed E-state index contributed by atoms with van der Waals surface area (Å²) in [7, 11) is 0. The van der Waals surface area contributed by atoms with Crippen molar-refractivity contribution in [1.82, 2.24) is 0 Å². The number of nitrogens with zero attached hydrogens (tertiary/aromatic N) is 1. The molecule has 1 aliphatic rings. The summed E-state index contributed by atoms with van der Waals surface area (Å²) in [6.07, 6.45) is 5.43. The SMILES string of the molecule is CCCCN=CCc1ccccc1C1C(C)=C(C)C(C)=C1C. The van der Waals surface area contributed by atoms with Crippen LogP contribution in [0.25, 0.3) is 0 Å². The molecule has 0 saturated heterocycles. The minimum atomic E-state index is 0.459. The van der Waals surface area contributed by atoms with Crippen LogP contribution in [0.3, 0.4) is 0 Å². The van der Waals surface area contributed by atoms with Crippen molar-refractivity contribution in [2.24, 2.45) is 4.99 Å². The molecular weight excluding hydrogens is 266 g/mol. The molecule has 0 spiro atoms. The fraction of sp³-hybridized carbons (Fsp3) is 0.476. The zero-order valence-electron chi connectivity index (χ0n) is 14.7. The van der Waals surface area contributed by atoms with Crippen molar-refractivity contribution >= 4 is 6.21 Å². The van der Waals surface area contributed by atoms with Gasteiger partial charge in [-0.2, -0.15) is 0 Å². The molecule has 1 aromatic rings. The fourth-order valence-electron chi connectivity index (χ4n) is 3.32. The van der Waals surface area contributed by atoms with Gasteiger partial charge in [-0.1, -0.05) is 48.8 Å². The van der Waals surface area contributed by atoms with E-state index in [1.54, 1.807) is 0 Å². The Morgan fingerprint density at radius 2 is 1.64 bits per heavy atom. The molecule has 1 heteroatoms. The summed E-state index contributed by atoms with van der Waals surface area (Å²) in [5, 5.41) is 0. The van der Waals surface area contributed by atoms with Crippen molar-refractivity contribution in [1.29, 1.82) is 0 Å². The largest absolute Gasteiger partial charge is 0.297 e. The Labute approximate surface area is 135 Å². The van der Waals surface area contributed by atoms with Gasteiger partial charge in [-0.15, -0.1) is 0 Å². The van der Waals surface area contributed by atoms with Crippen molar-refractivity contribution in [3.8, 4) is 0 Å². The lowest BCUT2D eigenvalue weighted by molar-refractivity contribution is 0.808. The molecule has 1 aromatic carbocycles. The Bertz CT molecular complexity index is 593. The maximum atomic E-state index is 4.54. The lowest BCUT2D eigenvalue weighted by Gasteiger charge is -2.19. The topological polar surface area (TPSA) is 12.4 Å². The quantitative estimate of drug-likeness (QED) is 0.459. The van der Waals surface area contributed by atoms with Crippen LogP contribution in [0.2, 0.25) is 0 Å². The van der Waals surface area contributed by atoms with Crippen LogP contribution in [-0.4, -0.2) is 12.8 Å². The van der Waals surface area contributed by atoms with E-state index in [0.29, 0.717) is 5.92 Å². The van der Waals surface area contributed by atoms with Gasteiger partial charge in [0.2, 0.25) is 0 Å². The Morgan fingerprint density at radius 3 is 2.27 bits per heavy atom. The zero-order chi connectivity index (χ0) is 16.1. The van der Waals surface area contributed by atoms with E-state index in [9.17, 15) is 0 Å². The summed E-state index contributed by atoms with van der Waals surface area (Å²) in [5.41, 5.74) is 8.81. The summed E-state index contributed by atoms with van der Waals surface area (Å²) in [5.74, 6) is 0.459. The second-order valence-electron chi connectivity index (χ2n) is 6.39. The Hall–Kier alpha value is -1.63. The standard InChI is InChI=1S/C21H29N/c1-6-7-13-22-14-12-19-10-8-9-11-20(19)21-17(4)15(2)16(3)18(21)5/h8-11,14,21H,6-7,12-13H2,1-5H3. The first kappa shape index (κ1) is 16.7. The molecule has 0 N–H and O–H groups in total. The molecule has 0 unspecified atom stereocenters. The molecule has 1 aliphatic carbocycles. The number of hydrogen-bond donors (Lipinski definition) is 0. The van der Waals surface area contributed by atoms with Crippen molar-refractivity contribution in [3.05, 3.63) is 57.7 Å². The van der Waals surface area contributed by atoms with E-state index in [0.717, 1.165) is 13.0 Å². The van der Waals surface area contributed by atoms with E-state index in [4.69, 9.17) is 0 Å². The Morgan fingerprint density at radius 1 is 1.00 bits per heavy atom. The molecule has 0 saturated carbocycles. The highest BCUT2D eigenvalue weighted by atomic mass is 14.7. The molecule has 22 heavy (non-hydrogen) atoms. The third-order valence-corrected chi connectivity index (χ3v) is 5.06. The molecule has 0 aromatic heterocycles. The third kappa shape index (κ3) is 3.40. The highest BCUT2D eigenvalue weighted by Gasteiger charge is 2.26. The van der Waals surface area contributed by atoms with Gasteiger partial charge in [0.05, 0.1) is 0 Å². The molecule has 0 aliphatic heterocycles. The van der Waals surface area contributed by atoms with Gasteiger partial charge in [0.1, 0.15) is 0 Å². The van der Waals surface area contributed by atoms with Gasteiger partial charge in [-0.3, -0.25) is 4.99 Å². The van der Waals surface area contributed by atoms with Gasteiger partial charge >= 0.3 is 0 Å².